The van der Waals surface area contributed by atoms with E-state index >= 15 is 0 Å². The van der Waals surface area contributed by atoms with Crippen molar-refractivity contribution in [3.63, 3.8) is 0 Å². The van der Waals surface area contributed by atoms with Gasteiger partial charge >= 0.3 is 0 Å². The molecule has 126 valence electrons. The lowest BCUT2D eigenvalue weighted by atomic mass is 10.0. The maximum atomic E-state index is 12.1. The number of carbonyl (C=O) groups is 3. The Hall–Kier alpha value is -2.21. The van der Waals surface area contributed by atoms with Gasteiger partial charge in [0.25, 0.3) is 18.3 Å². The van der Waals surface area contributed by atoms with Crippen LogP contribution in [0.4, 0.5) is 0 Å². The highest BCUT2D eigenvalue weighted by molar-refractivity contribution is 6.21. The SMILES string of the molecule is CCOC=O.CNC(C)(C)CCN1C(=O)c2ccccc2C1=O. The van der Waals surface area contributed by atoms with Crippen LogP contribution in [0.1, 0.15) is 47.9 Å². The first kappa shape index (κ1) is 18.8. The van der Waals surface area contributed by atoms with Gasteiger partial charge in [0, 0.05) is 12.1 Å². The number of nitrogens with zero attached hydrogens (tertiary/aromatic N) is 1. The number of ether oxygens (including phenoxy) is 1. The second kappa shape index (κ2) is 8.43. The third-order valence-electron chi connectivity index (χ3n) is 3.75. The topological polar surface area (TPSA) is 75.7 Å². The fourth-order valence-corrected chi connectivity index (χ4v) is 2.03. The Balaban J connectivity index is 0.000000463. The minimum absolute atomic E-state index is 0.0880. The molecule has 0 atom stereocenters. The Bertz CT molecular complexity index is 534. The van der Waals surface area contributed by atoms with Crippen molar-refractivity contribution < 1.29 is 19.1 Å². The summed E-state index contributed by atoms with van der Waals surface area (Å²) in [5, 5.41) is 3.17. The lowest BCUT2D eigenvalue weighted by Gasteiger charge is -2.26. The first-order chi connectivity index (χ1) is 10.9. The number of hydrogen-bond donors (Lipinski definition) is 1. The van der Waals surface area contributed by atoms with E-state index in [1.54, 1.807) is 31.2 Å². The molecule has 1 N–H and O–H groups in total. The number of rotatable bonds is 6. The monoisotopic (exact) mass is 320 g/mol. The maximum absolute atomic E-state index is 12.1. The summed E-state index contributed by atoms with van der Waals surface area (Å²) < 4.78 is 4.15. The van der Waals surface area contributed by atoms with Gasteiger partial charge in [0.05, 0.1) is 17.7 Å². The summed E-state index contributed by atoms with van der Waals surface area (Å²) in [5.74, 6) is -0.356. The first-order valence-corrected chi connectivity index (χ1v) is 7.57. The van der Waals surface area contributed by atoms with Crippen LogP contribution in [0.3, 0.4) is 0 Å². The molecule has 1 aliphatic heterocycles. The minimum atomic E-state index is -0.178. The largest absolute Gasteiger partial charge is 0.468 e. The van der Waals surface area contributed by atoms with Gasteiger partial charge in [-0.2, -0.15) is 0 Å². The quantitative estimate of drug-likeness (QED) is 0.639. The molecule has 23 heavy (non-hydrogen) atoms. The number of carbonyl (C=O) groups excluding carboxylic acids is 3. The standard InChI is InChI=1S/C14H18N2O2.C3H6O2/c1-14(2,15-3)8-9-16-12(17)10-6-4-5-7-11(10)13(16)18;1-2-5-3-4/h4-7,15H,8-9H2,1-3H3;3H,2H2,1H3. The zero-order valence-electron chi connectivity index (χ0n) is 14.1. The lowest BCUT2D eigenvalue weighted by molar-refractivity contribution is -0.128. The second-order valence-electron chi connectivity index (χ2n) is 5.74. The molecule has 0 unspecified atom stereocenters. The van der Waals surface area contributed by atoms with Crippen LogP contribution in [0.2, 0.25) is 0 Å². The van der Waals surface area contributed by atoms with Crippen molar-refractivity contribution in [3.05, 3.63) is 35.4 Å². The highest BCUT2D eigenvalue weighted by Gasteiger charge is 2.35. The zero-order chi connectivity index (χ0) is 17.5. The maximum Gasteiger partial charge on any atom is 0.293 e. The van der Waals surface area contributed by atoms with Crippen molar-refractivity contribution in [2.75, 3.05) is 20.2 Å². The second-order valence-corrected chi connectivity index (χ2v) is 5.74. The predicted octanol–water partition coefficient (Wildman–Crippen LogP) is 1.85. The van der Waals surface area contributed by atoms with E-state index in [0.29, 0.717) is 30.8 Å². The highest BCUT2D eigenvalue weighted by Crippen LogP contribution is 2.23. The van der Waals surface area contributed by atoms with Gasteiger partial charge in [-0.1, -0.05) is 12.1 Å². The Morgan fingerprint density at radius 3 is 2.04 bits per heavy atom. The molecular formula is C17H24N2O4. The number of amides is 2. The molecule has 1 heterocycles. The summed E-state index contributed by atoms with van der Waals surface area (Å²) in [7, 11) is 1.88. The Kier molecular flexibility index (Phi) is 6.90. The van der Waals surface area contributed by atoms with Gasteiger partial charge in [-0.25, -0.2) is 0 Å². The number of fused-ring (bicyclic) bond motifs is 1. The molecule has 6 nitrogen and oxygen atoms in total. The van der Waals surface area contributed by atoms with Gasteiger partial charge in [0.15, 0.2) is 0 Å². The zero-order valence-corrected chi connectivity index (χ0v) is 14.1. The Morgan fingerprint density at radius 1 is 1.17 bits per heavy atom. The molecule has 0 aliphatic carbocycles. The molecule has 1 aromatic carbocycles. The van der Waals surface area contributed by atoms with Crippen molar-refractivity contribution in [1.82, 2.24) is 10.2 Å². The molecule has 2 amide bonds. The van der Waals surface area contributed by atoms with E-state index in [4.69, 9.17) is 0 Å². The van der Waals surface area contributed by atoms with Crippen LogP contribution in [-0.2, 0) is 9.53 Å². The smallest absolute Gasteiger partial charge is 0.293 e. The van der Waals surface area contributed by atoms with Crippen molar-refractivity contribution >= 4 is 18.3 Å². The first-order valence-electron chi connectivity index (χ1n) is 7.57. The van der Waals surface area contributed by atoms with Crippen molar-refractivity contribution in [1.29, 1.82) is 0 Å². The number of hydrogen-bond acceptors (Lipinski definition) is 5. The lowest BCUT2D eigenvalue weighted by Crippen LogP contribution is -2.41. The fourth-order valence-electron chi connectivity index (χ4n) is 2.03. The van der Waals surface area contributed by atoms with Crippen LogP contribution in [-0.4, -0.2) is 48.9 Å². The normalized spacial score (nSPS) is 13.3. The van der Waals surface area contributed by atoms with Crippen LogP contribution >= 0.6 is 0 Å². The highest BCUT2D eigenvalue weighted by atomic mass is 16.5. The minimum Gasteiger partial charge on any atom is -0.468 e. The molecule has 0 bridgehead atoms. The summed E-state index contributed by atoms with van der Waals surface area (Å²) in [6, 6.07) is 6.98. The van der Waals surface area contributed by atoms with Gasteiger partial charge < -0.3 is 10.1 Å². The van der Waals surface area contributed by atoms with Gasteiger partial charge in [-0.3, -0.25) is 19.3 Å². The molecule has 0 aromatic heterocycles. The average Bonchev–Trinajstić information content (AvgIpc) is 2.79. The van der Waals surface area contributed by atoms with Crippen LogP contribution in [0.5, 0.6) is 0 Å². The Morgan fingerprint density at radius 2 is 1.70 bits per heavy atom. The van der Waals surface area contributed by atoms with Gasteiger partial charge in [0.1, 0.15) is 0 Å². The van der Waals surface area contributed by atoms with E-state index in [-0.39, 0.29) is 17.4 Å². The molecule has 0 spiro atoms. The molecule has 0 radical (unpaired) electrons. The van der Waals surface area contributed by atoms with E-state index in [9.17, 15) is 14.4 Å². The van der Waals surface area contributed by atoms with Gasteiger partial charge in [-0.05, 0) is 46.4 Å². The summed E-state index contributed by atoms with van der Waals surface area (Å²) in [5.41, 5.74) is 0.949. The van der Waals surface area contributed by atoms with Gasteiger partial charge in [0.2, 0.25) is 0 Å². The molecular weight excluding hydrogens is 296 g/mol. The molecule has 1 aromatic rings. The fraction of sp³-hybridized carbons (Fsp3) is 0.471. The van der Waals surface area contributed by atoms with Crippen molar-refractivity contribution in [2.45, 2.75) is 32.7 Å². The number of benzene rings is 1. The van der Waals surface area contributed by atoms with Crippen LogP contribution < -0.4 is 5.32 Å². The van der Waals surface area contributed by atoms with Crippen molar-refractivity contribution in [3.8, 4) is 0 Å². The summed E-state index contributed by atoms with van der Waals surface area (Å²) in [6.45, 7) is 7.20. The van der Waals surface area contributed by atoms with Gasteiger partial charge in [-0.15, -0.1) is 0 Å². The van der Waals surface area contributed by atoms with Crippen LogP contribution in [0.15, 0.2) is 24.3 Å². The number of imide groups is 1. The summed E-state index contributed by atoms with van der Waals surface area (Å²) in [6.07, 6.45) is 0.731. The van der Waals surface area contributed by atoms with E-state index in [0.717, 1.165) is 6.42 Å². The molecule has 6 heteroatoms. The molecule has 0 saturated heterocycles. The molecule has 0 saturated carbocycles. The third-order valence-corrected chi connectivity index (χ3v) is 3.75. The van der Waals surface area contributed by atoms with E-state index in [1.165, 1.54) is 4.90 Å². The summed E-state index contributed by atoms with van der Waals surface area (Å²) in [4.78, 5) is 34.7. The average molecular weight is 320 g/mol. The molecule has 2 rings (SSSR count). The van der Waals surface area contributed by atoms with Crippen LogP contribution in [0, 0.1) is 0 Å². The Labute approximate surface area is 136 Å². The van der Waals surface area contributed by atoms with Crippen LogP contribution in [0.25, 0.3) is 0 Å². The van der Waals surface area contributed by atoms with E-state index < -0.39 is 0 Å². The summed E-state index contributed by atoms with van der Waals surface area (Å²) >= 11 is 0. The molecule has 0 fully saturated rings. The number of nitrogens with one attached hydrogen (secondary N) is 1. The molecule has 1 aliphatic rings. The third kappa shape index (κ3) is 4.89. The predicted molar refractivity (Wildman–Crippen MR) is 87.3 cm³/mol. The van der Waals surface area contributed by atoms with E-state index in [2.05, 4.69) is 10.1 Å². The van der Waals surface area contributed by atoms with E-state index in [1.807, 2.05) is 20.9 Å². The van der Waals surface area contributed by atoms with Crippen molar-refractivity contribution in [2.24, 2.45) is 0 Å².